The Balaban J connectivity index is 2.10. The molecule has 0 aliphatic carbocycles. The molecule has 2 rings (SSSR count). The van der Waals surface area contributed by atoms with Crippen molar-refractivity contribution >= 4 is 17.7 Å². The molecule has 1 aromatic carbocycles. The van der Waals surface area contributed by atoms with E-state index in [4.69, 9.17) is 14.6 Å². The summed E-state index contributed by atoms with van der Waals surface area (Å²) < 4.78 is 10.2. The molecule has 0 aliphatic rings. The van der Waals surface area contributed by atoms with Crippen molar-refractivity contribution in [1.29, 1.82) is 0 Å². The number of ether oxygens (including phenoxy) is 2. The average Bonchev–Trinajstić information content (AvgIpc) is 2.49. The Morgan fingerprint density at radius 2 is 2.04 bits per heavy atom. The zero-order chi connectivity index (χ0) is 16.8. The van der Waals surface area contributed by atoms with Gasteiger partial charge >= 0.3 is 5.97 Å². The third kappa shape index (κ3) is 4.79. The zero-order valence-corrected chi connectivity index (χ0v) is 14.1. The van der Waals surface area contributed by atoms with Gasteiger partial charge in [0.2, 0.25) is 0 Å². The van der Waals surface area contributed by atoms with E-state index in [2.05, 4.69) is 4.98 Å². The van der Waals surface area contributed by atoms with Crippen molar-refractivity contribution in [2.45, 2.75) is 30.4 Å². The number of aromatic carboxylic acids is 1. The van der Waals surface area contributed by atoms with E-state index in [1.807, 2.05) is 25.1 Å². The van der Waals surface area contributed by atoms with E-state index in [-0.39, 0.29) is 6.79 Å². The summed E-state index contributed by atoms with van der Waals surface area (Å²) in [5, 5.41) is 9.92. The number of carboxylic acids is 1. The lowest BCUT2D eigenvalue weighted by molar-refractivity contribution is -0.0393. The third-order valence-electron chi connectivity index (χ3n) is 3.28. The van der Waals surface area contributed by atoms with Crippen LogP contribution in [0.25, 0.3) is 0 Å². The van der Waals surface area contributed by atoms with E-state index in [1.165, 1.54) is 11.8 Å². The van der Waals surface area contributed by atoms with Crippen LogP contribution in [-0.4, -0.2) is 30.0 Å². The highest BCUT2D eigenvalue weighted by atomic mass is 32.2. The molecule has 1 N–H and O–H groups in total. The molecule has 2 aromatic rings. The van der Waals surface area contributed by atoms with Crippen LogP contribution in [0.5, 0.6) is 0 Å². The quantitative estimate of drug-likeness (QED) is 0.616. The Morgan fingerprint density at radius 3 is 2.65 bits per heavy atom. The lowest BCUT2D eigenvalue weighted by atomic mass is 10.1. The maximum absolute atomic E-state index is 11.0. The zero-order valence-electron chi connectivity index (χ0n) is 13.3. The number of hydrogen-bond acceptors (Lipinski definition) is 5. The minimum absolute atomic E-state index is 0.255. The van der Waals surface area contributed by atoms with Gasteiger partial charge in [0.1, 0.15) is 11.8 Å². The van der Waals surface area contributed by atoms with Gasteiger partial charge in [-0.1, -0.05) is 17.8 Å². The van der Waals surface area contributed by atoms with Crippen LogP contribution in [0.1, 0.15) is 27.2 Å². The monoisotopic (exact) mass is 333 g/mol. The van der Waals surface area contributed by atoms with Gasteiger partial charge in [0.15, 0.2) is 0 Å². The Labute approximate surface area is 139 Å². The summed E-state index contributed by atoms with van der Waals surface area (Å²) >= 11 is 1.50. The Kier molecular flexibility index (Phi) is 6.15. The van der Waals surface area contributed by atoms with E-state index in [0.717, 1.165) is 26.7 Å². The first kappa shape index (κ1) is 17.5. The molecular formula is C17H19NO4S. The summed E-state index contributed by atoms with van der Waals surface area (Å²) in [6, 6.07) is 9.21. The Bertz CT molecular complexity index is 703. The molecule has 0 saturated heterocycles. The highest BCUT2D eigenvalue weighted by molar-refractivity contribution is 7.99. The summed E-state index contributed by atoms with van der Waals surface area (Å²) in [4.78, 5) is 16.6. The van der Waals surface area contributed by atoms with Crippen molar-refractivity contribution in [3.63, 3.8) is 0 Å². The number of rotatable bonds is 7. The first-order valence-corrected chi connectivity index (χ1v) is 7.88. The molecule has 0 bridgehead atoms. The van der Waals surface area contributed by atoms with Crippen LogP contribution >= 0.6 is 11.8 Å². The first-order chi connectivity index (χ1) is 11.0. The lowest BCUT2D eigenvalue weighted by Crippen LogP contribution is -2.01. The van der Waals surface area contributed by atoms with Gasteiger partial charge in [0, 0.05) is 17.7 Å². The van der Waals surface area contributed by atoms with E-state index < -0.39 is 5.97 Å². The van der Waals surface area contributed by atoms with Crippen LogP contribution < -0.4 is 0 Å². The van der Waals surface area contributed by atoms with Crippen LogP contribution in [0.2, 0.25) is 0 Å². The van der Waals surface area contributed by atoms with Crippen LogP contribution in [0.3, 0.4) is 0 Å². The second kappa shape index (κ2) is 8.10. The maximum atomic E-state index is 11.0. The van der Waals surface area contributed by atoms with Crippen molar-refractivity contribution in [2.75, 3.05) is 13.9 Å². The molecule has 1 aromatic heterocycles. The highest BCUT2D eigenvalue weighted by Crippen LogP contribution is 2.28. The fourth-order valence-corrected chi connectivity index (χ4v) is 3.00. The van der Waals surface area contributed by atoms with Gasteiger partial charge in [-0.25, -0.2) is 9.78 Å². The predicted molar refractivity (Wildman–Crippen MR) is 87.9 cm³/mol. The minimum Gasteiger partial charge on any atom is -0.478 e. The van der Waals surface area contributed by atoms with Gasteiger partial charge in [0.05, 0.1) is 12.2 Å². The first-order valence-electron chi connectivity index (χ1n) is 7.06. The van der Waals surface area contributed by atoms with Crippen LogP contribution in [0.4, 0.5) is 0 Å². The van der Waals surface area contributed by atoms with Crippen molar-refractivity contribution < 1.29 is 19.4 Å². The lowest BCUT2D eigenvalue weighted by Gasteiger charge is -2.09. The SMILES string of the molecule is COCOCc1ccc(Sc2ccc(C(=O)O)c(C)c2)nc1C. The molecule has 1 heterocycles. The number of methoxy groups -OCH3 is 1. The van der Waals surface area contributed by atoms with E-state index in [9.17, 15) is 4.79 Å². The van der Waals surface area contributed by atoms with Gasteiger partial charge in [-0.2, -0.15) is 0 Å². The average molecular weight is 333 g/mol. The van der Waals surface area contributed by atoms with Crippen LogP contribution in [0.15, 0.2) is 40.3 Å². The van der Waals surface area contributed by atoms with Crippen molar-refractivity contribution in [2.24, 2.45) is 0 Å². The molecule has 0 radical (unpaired) electrons. The molecule has 0 fully saturated rings. The van der Waals surface area contributed by atoms with E-state index in [0.29, 0.717) is 12.2 Å². The van der Waals surface area contributed by atoms with Gasteiger partial charge in [-0.3, -0.25) is 0 Å². The van der Waals surface area contributed by atoms with Crippen molar-refractivity contribution in [3.8, 4) is 0 Å². The second-order valence-corrected chi connectivity index (χ2v) is 6.13. The molecule has 0 aliphatic heterocycles. The van der Waals surface area contributed by atoms with Gasteiger partial charge in [0.25, 0.3) is 0 Å². The number of carbonyl (C=O) groups is 1. The van der Waals surface area contributed by atoms with Crippen molar-refractivity contribution in [3.05, 3.63) is 52.7 Å². The fraction of sp³-hybridized carbons (Fsp3) is 0.294. The molecule has 0 atom stereocenters. The molecule has 0 spiro atoms. The summed E-state index contributed by atoms with van der Waals surface area (Å²) in [6.45, 7) is 4.45. The van der Waals surface area contributed by atoms with Crippen molar-refractivity contribution in [1.82, 2.24) is 4.98 Å². The molecule has 0 unspecified atom stereocenters. The molecule has 23 heavy (non-hydrogen) atoms. The standard InChI is InChI=1S/C17H19NO4S/c1-11-8-14(5-6-15(11)17(19)20)23-16-7-4-13(12(2)18-16)9-22-10-21-3/h4-8H,9-10H2,1-3H3,(H,19,20). The Hall–Kier alpha value is -1.89. The number of carboxylic acid groups (broad SMARTS) is 1. The normalized spacial score (nSPS) is 10.7. The topological polar surface area (TPSA) is 68.7 Å². The fourth-order valence-electron chi connectivity index (χ4n) is 2.07. The summed E-state index contributed by atoms with van der Waals surface area (Å²) in [6.07, 6.45) is 0. The Morgan fingerprint density at radius 1 is 1.26 bits per heavy atom. The largest absolute Gasteiger partial charge is 0.478 e. The maximum Gasteiger partial charge on any atom is 0.335 e. The summed E-state index contributed by atoms with van der Waals surface area (Å²) in [5.74, 6) is -0.909. The minimum atomic E-state index is -0.909. The van der Waals surface area contributed by atoms with E-state index in [1.54, 1.807) is 26.2 Å². The molecule has 0 amide bonds. The molecular weight excluding hydrogens is 314 g/mol. The number of aromatic nitrogens is 1. The number of aryl methyl sites for hydroxylation is 2. The number of benzene rings is 1. The molecule has 6 heteroatoms. The predicted octanol–water partition coefficient (Wildman–Crippen LogP) is 3.67. The summed E-state index contributed by atoms with van der Waals surface area (Å²) in [5.41, 5.74) is 2.99. The molecule has 5 nitrogen and oxygen atoms in total. The van der Waals surface area contributed by atoms with Gasteiger partial charge < -0.3 is 14.6 Å². The number of nitrogens with zero attached hydrogens (tertiary/aromatic N) is 1. The number of hydrogen-bond donors (Lipinski definition) is 1. The molecule has 0 saturated carbocycles. The van der Waals surface area contributed by atoms with Crippen LogP contribution in [-0.2, 0) is 16.1 Å². The third-order valence-corrected chi connectivity index (χ3v) is 4.21. The number of pyridine rings is 1. The van der Waals surface area contributed by atoms with E-state index >= 15 is 0 Å². The smallest absolute Gasteiger partial charge is 0.335 e. The van der Waals surface area contributed by atoms with Gasteiger partial charge in [-0.15, -0.1) is 0 Å². The molecule has 122 valence electrons. The second-order valence-electron chi connectivity index (χ2n) is 5.03. The van der Waals surface area contributed by atoms with Gasteiger partial charge in [-0.05, 0) is 49.2 Å². The highest BCUT2D eigenvalue weighted by Gasteiger charge is 2.09. The van der Waals surface area contributed by atoms with Crippen LogP contribution in [0, 0.1) is 13.8 Å². The summed E-state index contributed by atoms with van der Waals surface area (Å²) in [7, 11) is 1.59.